The third-order valence-electron chi connectivity index (χ3n) is 4.63. The molecule has 2 aliphatic rings. The molecule has 0 aliphatic carbocycles. The molecule has 22 heavy (non-hydrogen) atoms. The van der Waals surface area contributed by atoms with E-state index in [0.29, 0.717) is 0 Å². The average Bonchev–Trinajstić information content (AvgIpc) is 3.09. The molecule has 2 aliphatic heterocycles. The molecule has 2 fully saturated rings. The van der Waals surface area contributed by atoms with Crippen molar-refractivity contribution < 1.29 is 9.47 Å². The maximum absolute atomic E-state index is 5.78. The minimum absolute atomic E-state index is 0.301. The number of rotatable bonds is 2. The molecule has 4 rings (SSSR count). The molecular weight excluding hydrogens is 280 g/mol. The van der Waals surface area contributed by atoms with E-state index >= 15 is 0 Å². The van der Waals surface area contributed by atoms with E-state index in [4.69, 9.17) is 9.47 Å². The first-order chi connectivity index (χ1) is 10.6. The SMILES string of the molecule is Cc1cc(C)n2cc(CN3CCC4(CC3)OCCO4)nc2n1. The molecule has 0 atom stereocenters. The van der Waals surface area contributed by atoms with Crippen molar-refractivity contribution >= 4 is 5.78 Å². The summed E-state index contributed by atoms with van der Waals surface area (Å²) in [6.45, 7) is 8.39. The van der Waals surface area contributed by atoms with Crippen molar-refractivity contribution in [2.75, 3.05) is 26.3 Å². The molecular formula is C16H22N4O2. The summed E-state index contributed by atoms with van der Waals surface area (Å²) in [5.41, 5.74) is 3.26. The lowest BCUT2D eigenvalue weighted by atomic mass is 10.0. The van der Waals surface area contributed by atoms with E-state index in [0.717, 1.165) is 62.9 Å². The zero-order valence-corrected chi connectivity index (χ0v) is 13.2. The number of aryl methyl sites for hydroxylation is 2. The second kappa shape index (κ2) is 5.30. The van der Waals surface area contributed by atoms with Crippen LogP contribution in [0.15, 0.2) is 12.3 Å². The highest BCUT2D eigenvalue weighted by molar-refractivity contribution is 5.34. The summed E-state index contributed by atoms with van der Waals surface area (Å²) in [5, 5.41) is 0. The van der Waals surface area contributed by atoms with Crippen LogP contribution in [0.1, 0.15) is 29.9 Å². The van der Waals surface area contributed by atoms with Crippen LogP contribution < -0.4 is 0 Å². The fourth-order valence-electron chi connectivity index (χ4n) is 3.46. The minimum atomic E-state index is -0.301. The largest absolute Gasteiger partial charge is 0.347 e. The Hall–Kier alpha value is -1.50. The first-order valence-electron chi connectivity index (χ1n) is 7.96. The van der Waals surface area contributed by atoms with E-state index in [-0.39, 0.29) is 5.79 Å². The van der Waals surface area contributed by atoms with Crippen LogP contribution in [0.4, 0.5) is 0 Å². The molecule has 0 N–H and O–H groups in total. The second-order valence-electron chi connectivity index (χ2n) is 6.32. The van der Waals surface area contributed by atoms with Crippen LogP contribution in [-0.2, 0) is 16.0 Å². The van der Waals surface area contributed by atoms with Crippen molar-refractivity contribution in [3.63, 3.8) is 0 Å². The van der Waals surface area contributed by atoms with Crippen LogP contribution in [0.5, 0.6) is 0 Å². The lowest BCUT2D eigenvalue weighted by Gasteiger charge is -2.37. The predicted molar refractivity (Wildman–Crippen MR) is 81.6 cm³/mol. The van der Waals surface area contributed by atoms with E-state index in [1.165, 1.54) is 5.69 Å². The van der Waals surface area contributed by atoms with Gasteiger partial charge < -0.3 is 9.47 Å². The Bertz CT molecular complexity index is 681. The Morgan fingerprint density at radius 2 is 1.86 bits per heavy atom. The van der Waals surface area contributed by atoms with Gasteiger partial charge in [-0.15, -0.1) is 0 Å². The number of hydrogen-bond donors (Lipinski definition) is 0. The minimum Gasteiger partial charge on any atom is -0.347 e. The fourth-order valence-corrected chi connectivity index (χ4v) is 3.46. The molecule has 2 aromatic heterocycles. The van der Waals surface area contributed by atoms with Crippen molar-refractivity contribution in [1.82, 2.24) is 19.3 Å². The zero-order valence-electron chi connectivity index (χ0n) is 13.2. The average molecular weight is 302 g/mol. The Kier molecular flexibility index (Phi) is 3.40. The summed E-state index contributed by atoms with van der Waals surface area (Å²) in [4.78, 5) is 11.6. The summed E-state index contributed by atoms with van der Waals surface area (Å²) >= 11 is 0. The summed E-state index contributed by atoms with van der Waals surface area (Å²) in [6, 6.07) is 2.08. The molecule has 0 unspecified atom stereocenters. The van der Waals surface area contributed by atoms with E-state index in [9.17, 15) is 0 Å². The Morgan fingerprint density at radius 1 is 1.14 bits per heavy atom. The number of fused-ring (bicyclic) bond motifs is 1. The summed E-state index contributed by atoms with van der Waals surface area (Å²) < 4.78 is 13.6. The van der Waals surface area contributed by atoms with Crippen molar-refractivity contribution in [2.45, 2.75) is 39.0 Å². The molecule has 2 saturated heterocycles. The molecule has 0 aromatic carbocycles. The van der Waals surface area contributed by atoms with Gasteiger partial charge in [-0.2, -0.15) is 0 Å². The van der Waals surface area contributed by atoms with Gasteiger partial charge in [0.1, 0.15) is 0 Å². The van der Waals surface area contributed by atoms with E-state index in [2.05, 4.69) is 38.5 Å². The Morgan fingerprint density at radius 3 is 2.59 bits per heavy atom. The Balaban J connectivity index is 1.47. The predicted octanol–water partition coefficient (Wildman–Crippen LogP) is 1.69. The number of imidazole rings is 1. The maximum Gasteiger partial charge on any atom is 0.234 e. The molecule has 6 nitrogen and oxygen atoms in total. The molecule has 1 spiro atoms. The monoisotopic (exact) mass is 302 g/mol. The van der Waals surface area contributed by atoms with Gasteiger partial charge in [-0.1, -0.05) is 0 Å². The maximum atomic E-state index is 5.78. The van der Waals surface area contributed by atoms with Gasteiger partial charge in [-0.3, -0.25) is 9.30 Å². The van der Waals surface area contributed by atoms with Gasteiger partial charge in [-0.05, 0) is 19.9 Å². The molecule has 6 heteroatoms. The number of piperidine rings is 1. The van der Waals surface area contributed by atoms with Gasteiger partial charge in [0.2, 0.25) is 5.78 Å². The lowest BCUT2D eigenvalue weighted by Crippen LogP contribution is -2.44. The molecule has 0 saturated carbocycles. The number of ether oxygens (including phenoxy) is 2. The summed E-state index contributed by atoms with van der Waals surface area (Å²) in [5.74, 6) is 0.494. The van der Waals surface area contributed by atoms with Gasteiger partial charge in [0, 0.05) is 50.1 Å². The summed E-state index contributed by atoms with van der Waals surface area (Å²) in [7, 11) is 0. The first-order valence-corrected chi connectivity index (χ1v) is 7.96. The number of likely N-dealkylation sites (tertiary alicyclic amines) is 1. The van der Waals surface area contributed by atoms with E-state index in [1.807, 2.05) is 6.92 Å². The van der Waals surface area contributed by atoms with Gasteiger partial charge in [0.05, 0.1) is 18.9 Å². The third kappa shape index (κ3) is 2.51. The molecule has 4 heterocycles. The van der Waals surface area contributed by atoms with Crippen LogP contribution in [0.3, 0.4) is 0 Å². The van der Waals surface area contributed by atoms with Gasteiger partial charge >= 0.3 is 0 Å². The van der Waals surface area contributed by atoms with Crippen LogP contribution in [-0.4, -0.2) is 51.4 Å². The number of nitrogens with zero attached hydrogens (tertiary/aromatic N) is 4. The van der Waals surface area contributed by atoms with Gasteiger partial charge in [-0.25, -0.2) is 9.97 Å². The number of aromatic nitrogens is 3. The highest BCUT2D eigenvalue weighted by Gasteiger charge is 2.39. The van der Waals surface area contributed by atoms with Gasteiger partial charge in [0.25, 0.3) is 0 Å². The highest BCUT2D eigenvalue weighted by atomic mass is 16.7. The van der Waals surface area contributed by atoms with E-state index in [1.54, 1.807) is 0 Å². The molecule has 0 amide bonds. The van der Waals surface area contributed by atoms with Crippen molar-refractivity contribution in [1.29, 1.82) is 0 Å². The first kappa shape index (κ1) is 14.1. The highest BCUT2D eigenvalue weighted by Crippen LogP contribution is 2.31. The molecule has 2 aromatic rings. The van der Waals surface area contributed by atoms with Crippen molar-refractivity contribution in [2.24, 2.45) is 0 Å². The normalized spacial score (nSPS) is 21.9. The van der Waals surface area contributed by atoms with E-state index < -0.39 is 0 Å². The Labute approximate surface area is 130 Å². The van der Waals surface area contributed by atoms with Crippen molar-refractivity contribution in [3.8, 4) is 0 Å². The molecule has 118 valence electrons. The standard InChI is InChI=1S/C16H22N4O2/c1-12-9-13(2)20-11-14(18-15(20)17-12)10-19-5-3-16(4-6-19)21-7-8-22-16/h9,11H,3-8,10H2,1-2H3. The van der Waals surface area contributed by atoms with Crippen LogP contribution in [0, 0.1) is 13.8 Å². The smallest absolute Gasteiger partial charge is 0.234 e. The number of hydrogen-bond acceptors (Lipinski definition) is 5. The lowest BCUT2D eigenvalue weighted by molar-refractivity contribution is -0.185. The zero-order chi connectivity index (χ0) is 15.2. The third-order valence-corrected chi connectivity index (χ3v) is 4.63. The molecule has 0 radical (unpaired) electrons. The summed E-state index contributed by atoms with van der Waals surface area (Å²) in [6.07, 6.45) is 3.98. The second-order valence-corrected chi connectivity index (χ2v) is 6.32. The van der Waals surface area contributed by atoms with Crippen LogP contribution in [0.25, 0.3) is 5.78 Å². The fraction of sp³-hybridized carbons (Fsp3) is 0.625. The molecule has 0 bridgehead atoms. The van der Waals surface area contributed by atoms with Crippen molar-refractivity contribution in [3.05, 3.63) is 29.3 Å². The van der Waals surface area contributed by atoms with Crippen LogP contribution in [0.2, 0.25) is 0 Å². The quantitative estimate of drug-likeness (QED) is 0.845. The van der Waals surface area contributed by atoms with Gasteiger partial charge in [0.15, 0.2) is 5.79 Å². The van der Waals surface area contributed by atoms with Crippen LogP contribution >= 0.6 is 0 Å². The topological polar surface area (TPSA) is 51.9 Å².